The van der Waals surface area contributed by atoms with Gasteiger partial charge >= 0.3 is 0 Å². The lowest BCUT2D eigenvalue weighted by molar-refractivity contribution is 0.0346. The lowest BCUT2D eigenvalue weighted by Crippen LogP contribution is -2.29. The number of hydrogen-bond acceptors (Lipinski definition) is 1. The predicted octanol–water partition coefficient (Wildman–Crippen LogP) is 3.22. The molecule has 2 unspecified atom stereocenters. The van der Waals surface area contributed by atoms with Gasteiger partial charge in [-0.2, -0.15) is 0 Å². The lowest BCUT2D eigenvalue weighted by Gasteiger charge is -2.30. The molecule has 1 fully saturated rings. The van der Waals surface area contributed by atoms with Crippen molar-refractivity contribution in [1.29, 1.82) is 0 Å². The van der Waals surface area contributed by atoms with E-state index in [-0.39, 0.29) is 11.5 Å². The van der Waals surface area contributed by atoms with Crippen molar-refractivity contribution >= 4 is 0 Å². The maximum atomic E-state index is 9.92. The molecule has 0 spiro atoms. The van der Waals surface area contributed by atoms with Crippen LogP contribution in [0.15, 0.2) is 0 Å². The van der Waals surface area contributed by atoms with Crippen molar-refractivity contribution in [2.75, 3.05) is 0 Å². The van der Waals surface area contributed by atoms with E-state index in [1.807, 2.05) is 0 Å². The zero-order chi connectivity index (χ0) is 10.1. The van der Waals surface area contributed by atoms with E-state index >= 15 is 0 Å². The first-order valence-electron chi connectivity index (χ1n) is 5.67. The molecule has 0 aromatic rings. The summed E-state index contributed by atoms with van der Waals surface area (Å²) in [6, 6.07) is 0. The van der Waals surface area contributed by atoms with Gasteiger partial charge in [0.1, 0.15) is 0 Å². The van der Waals surface area contributed by atoms with Gasteiger partial charge in [0.05, 0.1) is 6.10 Å². The maximum Gasteiger partial charge on any atom is 0.0591 e. The number of aliphatic hydroxyl groups is 1. The molecule has 1 aliphatic rings. The van der Waals surface area contributed by atoms with E-state index in [9.17, 15) is 5.11 Å². The van der Waals surface area contributed by atoms with Gasteiger partial charge in [-0.25, -0.2) is 0 Å². The minimum Gasteiger partial charge on any atom is -0.393 e. The minimum atomic E-state index is -0.0868. The summed E-state index contributed by atoms with van der Waals surface area (Å²) in [6.07, 6.45) is 4.56. The van der Waals surface area contributed by atoms with Gasteiger partial charge < -0.3 is 5.11 Å². The molecule has 78 valence electrons. The molecular weight excluding hydrogens is 160 g/mol. The third kappa shape index (κ3) is 2.25. The summed E-state index contributed by atoms with van der Waals surface area (Å²) in [5.41, 5.74) is 0.212. The molecule has 0 heterocycles. The minimum absolute atomic E-state index is 0.0868. The monoisotopic (exact) mass is 184 g/mol. The average molecular weight is 184 g/mol. The van der Waals surface area contributed by atoms with Crippen molar-refractivity contribution in [2.45, 2.75) is 59.5 Å². The Hall–Kier alpha value is -0.0400. The first-order valence-corrected chi connectivity index (χ1v) is 5.67. The normalized spacial score (nSPS) is 36.9. The first-order chi connectivity index (χ1) is 5.99. The van der Waals surface area contributed by atoms with Crippen LogP contribution in [-0.4, -0.2) is 11.2 Å². The van der Waals surface area contributed by atoms with E-state index in [2.05, 4.69) is 27.7 Å². The maximum absolute atomic E-state index is 9.92. The molecule has 0 radical (unpaired) electrons. The summed E-state index contributed by atoms with van der Waals surface area (Å²) < 4.78 is 0. The number of rotatable bonds is 3. The van der Waals surface area contributed by atoms with Gasteiger partial charge in [0.25, 0.3) is 0 Å². The highest BCUT2D eigenvalue weighted by Crippen LogP contribution is 2.47. The topological polar surface area (TPSA) is 20.2 Å². The third-order valence-corrected chi connectivity index (χ3v) is 3.95. The Balaban J connectivity index is 2.55. The quantitative estimate of drug-likeness (QED) is 0.714. The fraction of sp³-hybridized carbons (Fsp3) is 1.00. The van der Waals surface area contributed by atoms with E-state index in [1.54, 1.807) is 0 Å². The summed E-state index contributed by atoms with van der Waals surface area (Å²) in [5, 5.41) is 9.92. The van der Waals surface area contributed by atoms with E-state index in [0.29, 0.717) is 0 Å². The SMILES string of the molecule is CCC(O)[C@]1(C)CCC(C(C)C)C1. The van der Waals surface area contributed by atoms with Crippen molar-refractivity contribution in [2.24, 2.45) is 17.3 Å². The van der Waals surface area contributed by atoms with Crippen molar-refractivity contribution in [1.82, 2.24) is 0 Å². The van der Waals surface area contributed by atoms with Gasteiger partial charge in [-0.05, 0) is 42.9 Å². The van der Waals surface area contributed by atoms with Crippen molar-refractivity contribution in [3.63, 3.8) is 0 Å². The van der Waals surface area contributed by atoms with Gasteiger partial charge in [0.2, 0.25) is 0 Å². The van der Waals surface area contributed by atoms with Crippen LogP contribution in [0.1, 0.15) is 53.4 Å². The van der Waals surface area contributed by atoms with Crippen LogP contribution >= 0.6 is 0 Å². The van der Waals surface area contributed by atoms with Crippen LogP contribution in [0.5, 0.6) is 0 Å². The molecule has 13 heavy (non-hydrogen) atoms. The van der Waals surface area contributed by atoms with Crippen LogP contribution in [-0.2, 0) is 0 Å². The molecule has 0 aliphatic heterocycles. The van der Waals surface area contributed by atoms with E-state index < -0.39 is 0 Å². The molecule has 1 nitrogen and oxygen atoms in total. The fourth-order valence-electron chi connectivity index (χ4n) is 2.68. The van der Waals surface area contributed by atoms with Crippen LogP contribution in [0.2, 0.25) is 0 Å². The molecular formula is C12H24O. The van der Waals surface area contributed by atoms with E-state index in [0.717, 1.165) is 18.3 Å². The summed E-state index contributed by atoms with van der Waals surface area (Å²) in [5.74, 6) is 1.62. The molecule has 1 heteroatoms. The van der Waals surface area contributed by atoms with Crippen molar-refractivity contribution in [3.8, 4) is 0 Å². The molecule has 0 bridgehead atoms. The van der Waals surface area contributed by atoms with Crippen LogP contribution in [0.25, 0.3) is 0 Å². The summed E-state index contributed by atoms with van der Waals surface area (Å²) in [7, 11) is 0. The summed E-state index contributed by atoms with van der Waals surface area (Å²) in [6.45, 7) is 8.94. The Bertz CT molecular complexity index is 165. The zero-order valence-corrected chi connectivity index (χ0v) is 9.51. The van der Waals surface area contributed by atoms with Gasteiger partial charge in [-0.1, -0.05) is 27.7 Å². The Morgan fingerprint density at radius 1 is 1.46 bits per heavy atom. The second-order valence-electron chi connectivity index (χ2n) is 5.32. The van der Waals surface area contributed by atoms with Crippen LogP contribution < -0.4 is 0 Å². The largest absolute Gasteiger partial charge is 0.393 e. The van der Waals surface area contributed by atoms with Crippen molar-refractivity contribution in [3.05, 3.63) is 0 Å². The van der Waals surface area contributed by atoms with Gasteiger partial charge in [0, 0.05) is 0 Å². The average Bonchev–Trinajstić information content (AvgIpc) is 2.48. The number of hydrogen-bond donors (Lipinski definition) is 1. The number of aliphatic hydroxyl groups excluding tert-OH is 1. The lowest BCUT2D eigenvalue weighted by atomic mass is 9.79. The second-order valence-corrected chi connectivity index (χ2v) is 5.32. The van der Waals surface area contributed by atoms with Gasteiger partial charge in [-0.15, -0.1) is 0 Å². The Morgan fingerprint density at radius 2 is 2.08 bits per heavy atom. The fourth-order valence-corrected chi connectivity index (χ4v) is 2.68. The summed E-state index contributed by atoms with van der Waals surface area (Å²) >= 11 is 0. The second kappa shape index (κ2) is 4.00. The molecule has 1 aliphatic carbocycles. The third-order valence-electron chi connectivity index (χ3n) is 3.95. The molecule has 1 N–H and O–H groups in total. The molecule has 3 atom stereocenters. The highest BCUT2D eigenvalue weighted by atomic mass is 16.3. The standard InChI is InChI=1S/C12H24O/c1-5-11(13)12(4)7-6-10(8-12)9(2)3/h9-11,13H,5-8H2,1-4H3/t10?,11?,12-/m1/s1. The first kappa shape index (κ1) is 11.0. The Morgan fingerprint density at radius 3 is 2.46 bits per heavy atom. The molecule has 0 aromatic carbocycles. The van der Waals surface area contributed by atoms with E-state index in [4.69, 9.17) is 0 Å². The molecule has 1 rings (SSSR count). The molecule has 1 saturated carbocycles. The molecule has 0 saturated heterocycles. The summed E-state index contributed by atoms with van der Waals surface area (Å²) in [4.78, 5) is 0. The van der Waals surface area contributed by atoms with Crippen LogP contribution in [0.4, 0.5) is 0 Å². The van der Waals surface area contributed by atoms with Gasteiger partial charge in [0.15, 0.2) is 0 Å². The Kier molecular flexibility index (Phi) is 3.39. The zero-order valence-electron chi connectivity index (χ0n) is 9.51. The van der Waals surface area contributed by atoms with Crippen LogP contribution in [0, 0.1) is 17.3 Å². The Labute approximate surface area is 82.5 Å². The van der Waals surface area contributed by atoms with E-state index in [1.165, 1.54) is 19.3 Å². The van der Waals surface area contributed by atoms with Crippen LogP contribution in [0.3, 0.4) is 0 Å². The van der Waals surface area contributed by atoms with Gasteiger partial charge in [-0.3, -0.25) is 0 Å². The highest BCUT2D eigenvalue weighted by Gasteiger charge is 2.40. The van der Waals surface area contributed by atoms with Crippen molar-refractivity contribution < 1.29 is 5.11 Å². The smallest absolute Gasteiger partial charge is 0.0591 e. The highest BCUT2D eigenvalue weighted by molar-refractivity contribution is 4.91. The molecule has 0 amide bonds. The molecule has 0 aromatic heterocycles. The predicted molar refractivity (Wildman–Crippen MR) is 56.6 cm³/mol.